The van der Waals surface area contributed by atoms with E-state index < -0.39 is 28.3 Å². The second-order valence-electron chi connectivity index (χ2n) is 7.69. The molecule has 33 heavy (non-hydrogen) atoms. The van der Waals surface area contributed by atoms with Gasteiger partial charge in [0.25, 0.3) is 5.91 Å². The summed E-state index contributed by atoms with van der Waals surface area (Å²) in [7, 11) is 0. The van der Waals surface area contributed by atoms with Crippen molar-refractivity contribution in [2.45, 2.75) is 25.1 Å². The second kappa shape index (κ2) is 8.83. The molecule has 4 nitrogen and oxygen atoms in total. The average Bonchev–Trinajstić information content (AvgIpc) is 3.22. The van der Waals surface area contributed by atoms with E-state index in [1.165, 1.54) is 36.0 Å². The van der Waals surface area contributed by atoms with Crippen molar-refractivity contribution >= 4 is 39.9 Å². The quantitative estimate of drug-likeness (QED) is 0.408. The molecule has 1 aliphatic heterocycles. The van der Waals surface area contributed by atoms with Gasteiger partial charge in [0.1, 0.15) is 10.7 Å². The fourth-order valence-electron chi connectivity index (χ4n) is 3.63. The van der Waals surface area contributed by atoms with Crippen LogP contribution in [-0.2, 0) is 11.7 Å². The van der Waals surface area contributed by atoms with Gasteiger partial charge in [-0.25, -0.2) is 4.39 Å². The molecule has 3 N–H and O–H groups in total. The summed E-state index contributed by atoms with van der Waals surface area (Å²) >= 11 is 1.75. The van der Waals surface area contributed by atoms with Crippen molar-refractivity contribution < 1.29 is 22.4 Å². The molecule has 2 aromatic carbocycles. The largest absolute Gasteiger partial charge is 0.426 e. The van der Waals surface area contributed by atoms with Gasteiger partial charge in [-0.05, 0) is 43.2 Å². The Morgan fingerprint density at radius 1 is 1.15 bits per heavy atom. The first kappa shape index (κ1) is 23.3. The van der Waals surface area contributed by atoms with Crippen LogP contribution in [0.2, 0.25) is 0 Å². The molecule has 0 bridgehead atoms. The van der Waals surface area contributed by atoms with Gasteiger partial charge >= 0.3 is 6.18 Å². The lowest BCUT2D eigenvalue weighted by molar-refractivity contribution is -0.133. The molecular weight excluding hydrogens is 474 g/mol. The Kier molecular flexibility index (Phi) is 6.24. The van der Waals surface area contributed by atoms with Crippen LogP contribution in [0.5, 0.6) is 0 Å². The van der Waals surface area contributed by atoms with Crippen molar-refractivity contribution in [3.8, 4) is 11.1 Å². The number of carbonyl (C=O) groups is 1. The number of hydrogen-bond acceptors (Lipinski definition) is 5. The molecular formula is C23H19F4N3OS2. The number of aliphatic imine (C=N–C) groups is 1. The molecule has 2 heterocycles. The third-order valence-corrected chi connectivity index (χ3v) is 7.27. The van der Waals surface area contributed by atoms with Crippen LogP contribution in [0.4, 0.5) is 23.2 Å². The van der Waals surface area contributed by atoms with Crippen molar-refractivity contribution in [3.05, 3.63) is 75.7 Å². The molecule has 0 aliphatic carbocycles. The molecule has 1 atom stereocenters. The highest BCUT2D eigenvalue weighted by atomic mass is 32.2. The number of anilines is 1. The van der Waals surface area contributed by atoms with Crippen molar-refractivity contribution in [1.29, 1.82) is 0 Å². The zero-order valence-electron chi connectivity index (χ0n) is 17.4. The number of thiophene rings is 1. The summed E-state index contributed by atoms with van der Waals surface area (Å²) in [6.45, 7) is 1.75. The normalized spacial score (nSPS) is 18.6. The van der Waals surface area contributed by atoms with Crippen LogP contribution in [0.1, 0.15) is 33.5 Å². The van der Waals surface area contributed by atoms with Crippen LogP contribution >= 0.6 is 23.1 Å². The van der Waals surface area contributed by atoms with Crippen LogP contribution in [0.3, 0.4) is 0 Å². The van der Waals surface area contributed by atoms with E-state index in [0.29, 0.717) is 34.2 Å². The Morgan fingerprint density at radius 2 is 1.88 bits per heavy atom. The Balaban J connectivity index is 1.66. The minimum atomic E-state index is -4.61. The van der Waals surface area contributed by atoms with Crippen molar-refractivity contribution in [2.75, 3.05) is 11.1 Å². The topological polar surface area (TPSA) is 67.5 Å². The number of amidine groups is 1. The van der Waals surface area contributed by atoms with E-state index in [1.807, 2.05) is 0 Å². The fraction of sp³-hybridized carbons (Fsp3) is 0.217. The van der Waals surface area contributed by atoms with E-state index in [1.54, 1.807) is 37.3 Å². The van der Waals surface area contributed by atoms with E-state index in [9.17, 15) is 22.4 Å². The molecule has 3 aromatic rings. The SMILES string of the molecule is CC1(c2cc(NC(=O)c3cc(-c4ccccc4)c(C(F)(F)F)s3)ccc2F)CCSC(N)=N1. The number of rotatable bonds is 4. The summed E-state index contributed by atoms with van der Waals surface area (Å²) in [6.07, 6.45) is -4.06. The number of alkyl halides is 3. The molecule has 1 aliphatic rings. The standard InChI is InChI=1S/C23H19F4N3OS2/c1-22(9-10-32-21(28)30-22)16-11-14(7-8-17(16)24)29-20(31)18-12-15(13-5-3-2-4-6-13)19(33-18)23(25,26)27/h2-8,11-12H,9-10H2,1H3,(H2,28,30)(H,29,31). The smallest absolute Gasteiger partial charge is 0.379 e. The van der Waals surface area contributed by atoms with E-state index in [2.05, 4.69) is 10.3 Å². The number of thioether (sulfide) groups is 1. The third kappa shape index (κ3) is 4.91. The Hall–Kier alpha value is -2.85. The Labute approximate surface area is 195 Å². The molecule has 1 amide bonds. The van der Waals surface area contributed by atoms with Gasteiger partial charge in [-0.2, -0.15) is 13.2 Å². The number of hydrogen-bond donors (Lipinski definition) is 2. The predicted octanol–water partition coefficient (Wildman–Crippen LogP) is 6.49. The number of benzene rings is 2. The summed E-state index contributed by atoms with van der Waals surface area (Å²) in [5, 5.41) is 2.94. The molecule has 0 spiro atoms. The number of amides is 1. The highest BCUT2D eigenvalue weighted by Gasteiger charge is 2.37. The lowest BCUT2D eigenvalue weighted by Gasteiger charge is -2.30. The summed E-state index contributed by atoms with van der Waals surface area (Å²) in [5.74, 6) is -0.544. The fourth-order valence-corrected chi connectivity index (χ4v) is 5.55. The van der Waals surface area contributed by atoms with Crippen LogP contribution in [0.25, 0.3) is 11.1 Å². The van der Waals surface area contributed by atoms with Gasteiger partial charge in [-0.3, -0.25) is 9.79 Å². The van der Waals surface area contributed by atoms with E-state index in [-0.39, 0.29) is 21.7 Å². The van der Waals surface area contributed by atoms with E-state index in [4.69, 9.17) is 5.73 Å². The third-order valence-electron chi connectivity index (χ3n) is 5.30. The first-order valence-electron chi connectivity index (χ1n) is 9.93. The van der Waals surface area contributed by atoms with Gasteiger partial charge in [0.05, 0.1) is 10.4 Å². The second-order valence-corrected chi connectivity index (χ2v) is 9.86. The first-order chi connectivity index (χ1) is 15.6. The summed E-state index contributed by atoms with van der Waals surface area (Å²) in [6, 6.07) is 13.3. The minimum absolute atomic E-state index is 0.0601. The van der Waals surface area contributed by atoms with Gasteiger partial charge in [-0.15, -0.1) is 11.3 Å². The highest BCUT2D eigenvalue weighted by Crippen LogP contribution is 2.43. The molecule has 10 heteroatoms. The Morgan fingerprint density at radius 3 is 2.55 bits per heavy atom. The predicted molar refractivity (Wildman–Crippen MR) is 125 cm³/mol. The summed E-state index contributed by atoms with van der Waals surface area (Å²) in [4.78, 5) is 16.3. The maximum Gasteiger partial charge on any atom is 0.426 e. The van der Waals surface area contributed by atoms with Gasteiger partial charge < -0.3 is 11.1 Å². The number of halogens is 4. The van der Waals surface area contributed by atoms with Crippen LogP contribution in [0, 0.1) is 5.82 Å². The molecule has 1 aromatic heterocycles. The monoisotopic (exact) mass is 493 g/mol. The van der Waals surface area contributed by atoms with Crippen LogP contribution in [0.15, 0.2) is 59.6 Å². The Bertz CT molecular complexity index is 1220. The first-order valence-corrected chi connectivity index (χ1v) is 11.7. The maximum atomic E-state index is 14.6. The minimum Gasteiger partial charge on any atom is -0.379 e. The molecule has 1 unspecified atom stereocenters. The zero-order valence-corrected chi connectivity index (χ0v) is 19.0. The lowest BCUT2D eigenvalue weighted by atomic mass is 9.89. The molecule has 4 rings (SSSR count). The summed E-state index contributed by atoms with van der Waals surface area (Å²) < 4.78 is 55.5. The van der Waals surface area contributed by atoms with Crippen molar-refractivity contribution in [3.63, 3.8) is 0 Å². The molecule has 0 fully saturated rings. The highest BCUT2D eigenvalue weighted by molar-refractivity contribution is 8.13. The number of nitrogens with zero attached hydrogens (tertiary/aromatic N) is 1. The molecule has 172 valence electrons. The number of carbonyl (C=O) groups excluding carboxylic acids is 1. The van der Waals surface area contributed by atoms with Gasteiger partial charge in [0.15, 0.2) is 5.17 Å². The number of nitrogens with two attached hydrogens (primary N) is 1. The number of nitrogens with one attached hydrogen (secondary N) is 1. The van der Waals surface area contributed by atoms with Crippen LogP contribution in [-0.4, -0.2) is 16.8 Å². The van der Waals surface area contributed by atoms with Gasteiger partial charge in [0, 0.05) is 22.6 Å². The van der Waals surface area contributed by atoms with Crippen LogP contribution < -0.4 is 11.1 Å². The zero-order chi connectivity index (χ0) is 23.8. The lowest BCUT2D eigenvalue weighted by Crippen LogP contribution is -2.29. The maximum absolute atomic E-state index is 14.6. The molecule has 0 saturated heterocycles. The average molecular weight is 494 g/mol. The van der Waals surface area contributed by atoms with E-state index >= 15 is 0 Å². The van der Waals surface area contributed by atoms with Gasteiger partial charge in [-0.1, -0.05) is 42.1 Å². The van der Waals surface area contributed by atoms with Crippen molar-refractivity contribution in [2.24, 2.45) is 10.7 Å². The summed E-state index contributed by atoms with van der Waals surface area (Å²) in [5.41, 5.74) is 5.75. The molecule has 0 saturated carbocycles. The van der Waals surface area contributed by atoms with Crippen molar-refractivity contribution in [1.82, 2.24) is 0 Å². The van der Waals surface area contributed by atoms with Gasteiger partial charge in [0.2, 0.25) is 0 Å². The van der Waals surface area contributed by atoms with E-state index in [0.717, 1.165) is 0 Å². The molecule has 0 radical (unpaired) electrons.